The van der Waals surface area contributed by atoms with Crippen molar-refractivity contribution in [3.8, 4) is 0 Å². The lowest BCUT2D eigenvalue weighted by Crippen LogP contribution is -2.14. The fourth-order valence-electron chi connectivity index (χ4n) is 0.939. The van der Waals surface area contributed by atoms with Crippen LogP contribution in [0.2, 0.25) is 0 Å². The molecule has 2 aromatic heterocycles. The largest absolute Gasteiger partial charge is 0.374 e. The average Bonchev–Trinajstić information content (AvgIpc) is 2.46. The summed E-state index contributed by atoms with van der Waals surface area (Å²) < 4.78 is 1.16. The van der Waals surface area contributed by atoms with Gasteiger partial charge in [0.1, 0.15) is 0 Å². The smallest absolute Gasteiger partial charge is 0.275 e. The van der Waals surface area contributed by atoms with Crippen molar-refractivity contribution in [2.75, 3.05) is 5.73 Å². The number of hydrogen-bond acceptors (Lipinski definition) is 5. The molecule has 2 rings (SSSR count). The quantitative estimate of drug-likeness (QED) is 0.704. The van der Waals surface area contributed by atoms with Crippen LogP contribution in [0, 0.1) is 0 Å². The fourth-order valence-corrected chi connectivity index (χ4v) is 1.77. The van der Waals surface area contributed by atoms with E-state index in [0.717, 1.165) is 15.9 Å². The van der Waals surface area contributed by atoms with Crippen molar-refractivity contribution in [1.82, 2.24) is 14.6 Å². The van der Waals surface area contributed by atoms with Crippen LogP contribution in [0.1, 0.15) is 5.69 Å². The first-order chi connectivity index (χ1) is 6.20. The van der Waals surface area contributed by atoms with Gasteiger partial charge in [-0.3, -0.25) is 4.79 Å². The molecule has 0 aliphatic carbocycles. The first kappa shape index (κ1) is 8.46. The molecule has 0 unspecified atom stereocenters. The lowest BCUT2D eigenvalue weighted by atomic mass is 10.4. The van der Waals surface area contributed by atoms with Crippen LogP contribution in [0.5, 0.6) is 0 Å². The zero-order chi connectivity index (χ0) is 9.42. The number of hydrogen-bond donors (Lipinski definition) is 1. The SMILES string of the molecule is Nc1nn2c(=O)cc(CCl)nc2s1. The molecule has 0 aliphatic rings. The summed E-state index contributed by atoms with van der Waals surface area (Å²) in [6, 6.07) is 1.35. The maximum Gasteiger partial charge on any atom is 0.275 e. The summed E-state index contributed by atoms with van der Waals surface area (Å²) in [6.07, 6.45) is 0. The minimum absolute atomic E-state index is 0.212. The van der Waals surface area contributed by atoms with Crippen LogP contribution in [0.4, 0.5) is 5.13 Å². The Kier molecular flexibility index (Phi) is 1.93. The second-order valence-corrected chi connectivity index (χ2v) is 3.61. The molecule has 0 aromatic carbocycles. The Morgan fingerprint density at radius 3 is 3.15 bits per heavy atom. The minimum Gasteiger partial charge on any atom is -0.374 e. The Bertz CT molecular complexity index is 505. The molecule has 0 spiro atoms. The van der Waals surface area contributed by atoms with Gasteiger partial charge in [-0.05, 0) is 0 Å². The molecule has 0 aliphatic heterocycles. The van der Waals surface area contributed by atoms with Gasteiger partial charge in [-0.25, -0.2) is 4.98 Å². The summed E-state index contributed by atoms with van der Waals surface area (Å²) in [5.41, 5.74) is 5.71. The van der Waals surface area contributed by atoms with Crippen LogP contribution in [-0.4, -0.2) is 14.6 Å². The number of nitrogens with zero attached hydrogens (tertiary/aromatic N) is 3. The molecular weight excluding hydrogens is 212 g/mol. The Balaban J connectivity index is 2.83. The van der Waals surface area contributed by atoms with Gasteiger partial charge >= 0.3 is 0 Å². The van der Waals surface area contributed by atoms with Crippen LogP contribution in [-0.2, 0) is 5.88 Å². The number of nitrogen functional groups attached to an aromatic ring is 1. The van der Waals surface area contributed by atoms with Crippen molar-refractivity contribution < 1.29 is 0 Å². The highest BCUT2D eigenvalue weighted by Gasteiger charge is 2.05. The van der Waals surface area contributed by atoms with Crippen molar-refractivity contribution in [3.05, 3.63) is 22.1 Å². The Morgan fingerprint density at radius 2 is 2.46 bits per heavy atom. The van der Waals surface area contributed by atoms with E-state index in [4.69, 9.17) is 17.3 Å². The van der Waals surface area contributed by atoms with Crippen LogP contribution < -0.4 is 11.3 Å². The Labute approximate surface area is 81.8 Å². The number of fused-ring (bicyclic) bond motifs is 1. The second-order valence-electron chi connectivity index (χ2n) is 2.35. The van der Waals surface area contributed by atoms with E-state index in [1.54, 1.807) is 0 Å². The number of halogens is 1. The van der Waals surface area contributed by atoms with E-state index >= 15 is 0 Å². The molecule has 0 atom stereocenters. The zero-order valence-electron chi connectivity index (χ0n) is 6.40. The first-order valence-electron chi connectivity index (χ1n) is 3.42. The Morgan fingerprint density at radius 1 is 1.69 bits per heavy atom. The molecule has 0 bridgehead atoms. The maximum absolute atomic E-state index is 11.3. The van der Waals surface area contributed by atoms with Gasteiger partial charge in [-0.15, -0.1) is 16.7 Å². The third-order valence-electron chi connectivity index (χ3n) is 1.45. The lowest BCUT2D eigenvalue weighted by Gasteiger charge is -1.92. The summed E-state index contributed by atoms with van der Waals surface area (Å²) in [6.45, 7) is 0. The van der Waals surface area contributed by atoms with Gasteiger partial charge in [0.2, 0.25) is 10.1 Å². The number of anilines is 1. The zero-order valence-corrected chi connectivity index (χ0v) is 7.97. The molecule has 2 N–H and O–H groups in total. The molecule has 13 heavy (non-hydrogen) atoms. The molecule has 2 aromatic rings. The molecular formula is C6H5ClN4OS. The van der Waals surface area contributed by atoms with Crippen LogP contribution >= 0.6 is 22.9 Å². The fraction of sp³-hybridized carbons (Fsp3) is 0.167. The van der Waals surface area contributed by atoms with Gasteiger partial charge in [0.05, 0.1) is 11.6 Å². The topological polar surface area (TPSA) is 73.3 Å². The monoisotopic (exact) mass is 216 g/mol. The van der Waals surface area contributed by atoms with Crippen LogP contribution in [0.3, 0.4) is 0 Å². The normalized spacial score (nSPS) is 10.8. The van der Waals surface area contributed by atoms with E-state index in [-0.39, 0.29) is 11.4 Å². The van der Waals surface area contributed by atoms with Gasteiger partial charge in [0, 0.05) is 6.07 Å². The van der Waals surface area contributed by atoms with E-state index in [1.165, 1.54) is 6.07 Å². The molecule has 0 fully saturated rings. The molecule has 0 saturated heterocycles. The van der Waals surface area contributed by atoms with Crippen molar-refractivity contribution >= 4 is 33.0 Å². The molecule has 7 heteroatoms. The highest BCUT2D eigenvalue weighted by atomic mass is 35.5. The highest BCUT2D eigenvalue weighted by molar-refractivity contribution is 7.20. The predicted molar refractivity (Wildman–Crippen MR) is 51.1 cm³/mol. The summed E-state index contributed by atoms with van der Waals surface area (Å²) in [7, 11) is 0. The Hall–Kier alpha value is -1.14. The van der Waals surface area contributed by atoms with Crippen LogP contribution in [0.15, 0.2) is 10.9 Å². The van der Waals surface area contributed by atoms with E-state index in [9.17, 15) is 4.79 Å². The number of aromatic nitrogens is 3. The third kappa shape index (κ3) is 1.38. The summed E-state index contributed by atoms with van der Waals surface area (Å²) >= 11 is 6.70. The first-order valence-corrected chi connectivity index (χ1v) is 4.77. The average molecular weight is 217 g/mol. The number of alkyl halides is 1. The van der Waals surface area contributed by atoms with Crippen molar-refractivity contribution in [2.45, 2.75) is 5.88 Å². The minimum atomic E-state index is -0.256. The predicted octanol–water partition coefficient (Wildman–Crippen LogP) is 0.472. The number of rotatable bonds is 1. The summed E-state index contributed by atoms with van der Waals surface area (Å²) in [5, 5.41) is 4.10. The summed E-state index contributed by atoms with van der Waals surface area (Å²) in [5.74, 6) is 0.212. The van der Waals surface area contributed by atoms with Gasteiger partial charge in [0.15, 0.2) is 0 Å². The van der Waals surface area contributed by atoms with Crippen molar-refractivity contribution in [2.24, 2.45) is 0 Å². The van der Waals surface area contributed by atoms with Crippen molar-refractivity contribution in [1.29, 1.82) is 0 Å². The molecule has 68 valence electrons. The van der Waals surface area contributed by atoms with Crippen molar-refractivity contribution in [3.63, 3.8) is 0 Å². The van der Waals surface area contributed by atoms with E-state index in [0.29, 0.717) is 15.8 Å². The second kappa shape index (κ2) is 2.97. The molecule has 0 radical (unpaired) electrons. The molecule has 5 nitrogen and oxygen atoms in total. The highest BCUT2D eigenvalue weighted by Crippen LogP contribution is 2.12. The van der Waals surface area contributed by atoms with Gasteiger partial charge < -0.3 is 5.73 Å². The molecule has 2 heterocycles. The van der Waals surface area contributed by atoms with E-state index in [2.05, 4.69) is 10.1 Å². The lowest BCUT2D eigenvalue weighted by molar-refractivity contribution is 0.893. The maximum atomic E-state index is 11.3. The third-order valence-corrected chi connectivity index (χ3v) is 2.46. The molecule has 0 saturated carbocycles. The van der Waals surface area contributed by atoms with Gasteiger partial charge in [-0.1, -0.05) is 11.3 Å². The van der Waals surface area contributed by atoms with Crippen LogP contribution in [0.25, 0.3) is 4.96 Å². The summed E-state index contributed by atoms with van der Waals surface area (Å²) in [4.78, 5) is 15.9. The number of nitrogens with two attached hydrogens (primary N) is 1. The molecule has 0 amide bonds. The van der Waals surface area contributed by atoms with E-state index in [1.807, 2.05) is 0 Å². The van der Waals surface area contributed by atoms with E-state index < -0.39 is 0 Å². The standard InChI is InChI=1S/C6H5ClN4OS/c7-2-3-1-4(12)11-6(9-3)13-5(8)10-11/h1H,2H2,(H2,8,10). The van der Waals surface area contributed by atoms with Gasteiger partial charge in [-0.2, -0.15) is 4.52 Å². The van der Waals surface area contributed by atoms with Gasteiger partial charge in [0.25, 0.3) is 5.56 Å².